The van der Waals surface area contributed by atoms with E-state index < -0.39 is 10.8 Å². The van der Waals surface area contributed by atoms with Gasteiger partial charge in [-0.05, 0) is 44.4 Å². The number of hydrogen-bond donors (Lipinski definition) is 0. The minimum Gasteiger partial charge on any atom is -0.339 e. The number of rotatable bonds is 6. The Morgan fingerprint density at radius 1 is 1.17 bits per heavy atom. The number of benzene rings is 1. The van der Waals surface area contributed by atoms with Gasteiger partial charge < -0.3 is 9.42 Å². The van der Waals surface area contributed by atoms with Crippen molar-refractivity contribution in [3.05, 3.63) is 42.0 Å². The molecule has 128 valence electrons. The number of nitrogens with zero attached hydrogens (tertiary/aromatic N) is 3. The maximum Gasteiger partial charge on any atom is 0.229 e. The zero-order valence-electron chi connectivity index (χ0n) is 13.8. The SMILES string of the molecule is O=[S@](CCN1CCC[C@@H](c2noc(C3CC3)n2)C1)c1ccccc1. The second-order valence-corrected chi connectivity index (χ2v) is 8.34. The largest absolute Gasteiger partial charge is 0.339 e. The monoisotopic (exact) mass is 345 g/mol. The van der Waals surface area contributed by atoms with Crippen LogP contribution in [-0.2, 0) is 10.8 Å². The van der Waals surface area contributed by atoms with Crippen LogP contribution < -0.4 is 0 Å². The molecule has 2 fully saturated rings. The standard InChI is InChI=1S/C18H23N3O2S/c22-24(16-6-2-1-3-7-16)12-11-21-10-4-5-15(13-21)17-19-18(23-20-17)14-8-9-14/h1-3,6-7,14-15H,4-5,8-13H2/t15-,24-/m1/s1. The number of aromatic nitrogens is 2. The molecule has 24 heavy (non-hydrogen) atoms. The maximum absolute atomic E-state index is 12.4. The fourth-order valence-corrected chi connectivity index (χ4v) is 4.40. The van der Waals surface area contributed by atoms with E-state index in [2.05, 4.69) is 15.0 Å². The van der Waals surface area contributed by atoms with Crippen molar-refractivity contribution < 1.29 is 8.73 Å². The normalized spacial score (nSPS) is 23.2. The van der Waals surface area contributed by atoms with Gasteiger partial charge in [0.15, 0.2) is 5.82 Å². The van der Waals surface area contributed by atoms with Gasteiger partial charge in [0.05, 0.1) is 10.8 Å². The quantitative estimate of drug-likeness (QED) is 0.806. The van der Waals surface area contributed by atoms with Crippen molar-refractivity contribution in [1.29, 1.82) is 0 Å². The van der Waals surface area contributed by atoms with Crippen molar-refractivity contribution in [2.24, 2.45) is 0 Å². The highest BCUT2D eigenvalue weighted by atomic mass is 32.2. The molecule has 4 rings (SSSR count). The summed E-state index contributed by atoms with van der Waals surface area (Å²) in [5.74, 6) is 3.23. The summed E-state index contributed by atoms with van der Waals surface area (Å²) in [7, 11) is -0.926. The Morgan fingerprint density at radius 3 is 2.79 bits per heavy atom. The lowest BCUT2D eigenvalue weighted by Gasteiger charge is -2.30. The van der Waals surface area contributed by atoms with Crippen molar-refractivity contribution in [3.8, 4) is 0 Å². The topological polar surface area (TPSA) is 59.2 Å². The molecule has 0 unspecified atom stereocenters. The maximum atomic E-state index is 12.4. The van der Waals surface area contributed by atoms with Crippen LogP contribution in [0.4, 0.5) is 0 Å². The summed E-state index contributed by atoms with van der Waals surface area (Å²) >= 11 is 0. The molecule has 2 aliphatic rings. The molecule has 2 heterocycles. The summed E-state index contributed by atoms with van der Waals surface area (Å²) in [6.45, 7) is 2.86. The van der Waals surface area contributed by atoms with E-state index in [-0.39, 0.29) is 0 Å². The van der Waals surface area contributed by atoms with E-state index in [9.17, 15) is 4.21 Å². The van der Waals surface area contributed by atoms with Crippen LogP contribution in [0.3, 0.4) is 0 Å². The molecule has 6 heteroatoms. The molecule has 0 bridgehead atoms. The van der Waals surface area contributed by atoms with Crippen LogP contribution in [0, 0.1) is 0 Å². The van der Waals surface area contributed by atoms with Gasteiger partial charge in [-0.25, -0.2) is 0 Å². The Hall–Kier alpha value is -1.53. The molecule has 1 aliphatic heterocycles. The lowest BCUT2D eigenvalue weighted by molar-refractivity contribution is 0.212. The van der Waals surface area contributed by atoms with Crippen LogP contribution in [-0.4, -0.2) is 44.6 Å². The van der Waals surface area contributed by atoms with Crippen LogP contribution in [0.2, 0.25) is 0 Å². The minimum absolute atomic E-state index is 0.347. The summed E-state index contributed by atoms with van der Waals surface area (Å²) < 4.78 is 17.8. The lowest BCUT2D eigenvalue weighted by Crippen LogP contribution is -2.37. The average molecular weight is 345 g/mol. The van der Waals surface area contributed by atoms with Crippen molar-refractivity contribution in [2.45, 2.75) is 42.4 Å². The Morgan fingerprint density at radius 2 is 2.00 bits per heavy atom. The molecule has 1 aromatic carbocycles. The molecule has 0 N–H and O–H groups in total. The molecule has 1 aliphatic carbocycles. The highest BCUT2D eigenvalue weighted by molar-refractivity contribution is 7.85. The van der Waals surface area contributed by atoms with Crippen molar-refractivity contribution in [2.75, 3.05) is 25.4 Å². The van der Waals surface area contributed by atoms with Gasteiger partial charge >= 0.3 is 0 Å². The molecular weight excluding hydrogens is 322 g/mol. The van der Waals surface area contributed by atoms with Gasteiger partial charge in [-0.3, -0.25) is 4.21 Å². The van der Waals surface area contributed by atoms with E-state index in [0.29, 0.717) is 17.6 Å². The summed E-state index contributed by atoms with van der Waals surface area (Å²) in [5.41, 5.74) is 0. The molecule has 2 aromatic rings. The molecule has 5 nitrogen and oxygen atoms in total. The second kappa shape index (κ2) is 7.15. The first kappa shape index (κ1) is 16.0. The minimum atomic E-state index is -0.926. The van der Waals surface area contributed by atoms with E-state index in [4.69, 9.17) is 4.52 Å². The highest BCUT2D eigenvalue weighted by Gasteiger charge is 2.32. The molecule has 0 spiro atoms. The molecule has 0 radical (unpaired) electrons. The van der Waals surface area contributed by atoms with E-state index in [1.165, 1.54) is 12.8 Å². The van der Waals surface area contributed by atoms with Crippen LogP contribution >= 0.6 is 0 Å². The summed E-state index contributed by atoms with van der Waals surface area (Å²) in [6.07, 6.45) is 4.62. The predicted octanol–water partition coefficient (Wildman–Crippen LogP) is 2.93. The second-order valence-electron chi connectivity index (χ2n) is 6.77. The van der Waals surface area contributed by atoms with Crippen LogP contribution in [0.15, 0.2) is 39.8 Å². The van der Waals surface area contributed by atoms with Gasteiger partial charge in [0, 0.05) is 35.6 Å². The van der Waals surface area contributed by atoms with E-state index in [1.807, 2.05) is 30.3 Å². The van der Waals surface area contributed by atoms with Gasteiger partial charge in [-0.15, -0.1) is 0 Å². The summed E-state index contributed by atoms with van der Waals surface area (Å²) in [5, 5.41) is 4.21. The Balaban J connectivity index is 1.32. The Kier molecular flexibility index (Phi) is 4.76. The van der Waals surface area contributed by atoms with E-state index >= 15 is 0 Å². The zero-order valence-corrected chi connectivity index (χ0v) is 14.6. The smallest absolute Gasteiger partial charge is 0.229 e. The molecule has 1 saturated carbocycles. The summed E-state index contributed by atoms with van der Waals surface area (Å²) in [6, 6.07) is 9.72. The third-order valence-electron chi connectivity index (χ3n) is 4.85. The number of likely N-dealkylation sites (tertiary alicyclic amines) is 1. The lowest BCUT2D eigenvalue weighted by atomic mass is 9.97. The van der Waals surface area contributed by atoms with Crippen molar-refractivity contribution >= 4 is 10.8 Å². The summed E-state index contributed by atoms with van der Waals surface area (Å²) in [4.78, 5) is 7.91. The third kappa shape index (κ3) is 3.75. The van der Waals surface area contributed by atoms with Gasteiger partial charge in [0.25, 0.3) is 0 Å². The van der Waals surface area contributed by atoms with Crippen molar-refractivity contribution in [1.82, 2.24) is 15.0 Å². The van der Waals surface area contributed by atoms with E-state index in [0.717, 1.165) is 49.1 Å². The first-order valence-electron chi connectivity index (χ1n) is 8.79. The third-order valence-corrected chi connectivity index (χ3v) is 6.21. The van der Waals surface area contributed by atoms with E-state index in [1.54, 1.807) is 0 Å². The molecule has 1 saturated heterocycles. The first-order valence-corrected chi connectivity index (χ1v) is 10.1. The Bertz CT molecular complexity index is 699. The highest BCUT2D eigenvalue weighted by Crippen LogP contribution is 2.39. The van der Waals surface area contributed by atoms with Gasteiger partial charge in [-0.1, -0.05) is 23.4 Å². The van der Waals surface area contributed by atoms with Crippen LogP contribution in [0.5, 0.6) is 0 Å². The molecule has 2 atom stereocenters. The fraction of sp³-hybridized carbons (Fsp3) is 0.556. The number of piperidine rings is 1. The predicted molar refractivity (Wildman–Crippen MR) is 92.4 cm³/mol. The fourth-order valence-electron chi connectivity index (χ4n) is 3.28. The van der Waals surface area contributed by atoms with Crippen molar-refractivity contribution in [3.63, 3.8) is 0 Å². The first-order chi connectivity index (χ1) is 11.8. The Labute approximate surface area is 144 Å². The van der Waals surface area contributed by atoms with Gasteiger partial charge in [0.2, 0.25) is 5.89 Å². The average Bonchev–Trinajstić information content (AvgIpc) is 3.37. The van der Waals surface area contributed by atoms with Crippen LogP contribution in [0.1, 0.15) is 49.2 Å². The zero-order chi connectivity index (χ0) is 16.4. The van der Waals surface area contributed by atoms with Gasteiger partial charge in [0.1, 0.15) is 0 Å². The van der Waals surface area contributed by atoms with Crippen LogP contribution in [0.25, 0.3) is 0 Å². The molecule has 1 aromatic heterocycles. The molecular formula is C18H23N3O2S. The molecule has 0 amide bonds. The van der Waals surface area contributed by atoms with Gasteiger partial charge in [-0.2, -0.15) is 4.98 Å². The number of hydrogen-bond acceptors (Lipinski definition) is 5.